The summed E-state index contributed by atoms with van der Waals surface area (Å²) in [7, 11) is 1.63. The lowest BCUT2D eigenvalue weighted by atomic mass is 10.2. The fourth-order valence-corrected chi connectivity index (χ4v) is 2.83. The SMILES string of the molecule is CCN(CC)[C@@H](CNC(=O)Nc1ccccc1COC)c1ccco1. The number of ether oxygens (including phenoxy) is 1. The van der Waals surface area contributed by atoms with Crippen molar-refractivity contribution >= 4 is 11.7 Å². The normalized spacial score (nSPS) is 12.2. The van der Waals surface area contributed by atoms with Crippen LogP contribution in [0.3, 0.4) is 0 Å². The lowest BCUT2D eigenvalue weighted by Gasteiger charge is -2.28. The molecule has 1 atom stereocenters. The summed E-state index contributed by atoms with van der Waals surface area (Å²) in [6.07, 6.45) is 1.66. The largest absolute Gasteiger partial charge is 0.468 e. The third kappa shape index (κ3) is 5.34. The van der Waals surface area contributed by atoms with Gasteiger partial charge in [-0.3, -0.25) is 4.90 Å². The summed E-state index contributed by atoms with van der Waals surface area (Å²) in [6.45, 7) is 6.86. The van der Waals surface area contributed by atoms with Crippen molar-refractivity contribution < 1.29 is 13.9 Å². The van der Waals surface area contributed by atoms with E-state index >= 15 is 0 Å². The van der Waals surface area contributed by atoms with Crippen molar-refractivity contribution in [2.75, 3.05) is 32.1 Å². The Hall–Kier alpha value is -2.31. The molecule has 2 rings (SSSR count). The van der Waals surface area contributed by atoms with Crippen molar-refractivity contribution in [2.24, 2.45) is 0 Å². The summed E-state index contributed by atoms with van der Waals surface area (Å²) >= 11 is 0. The lowest BCUT2D eigenvalue weighted by molar-refractivity contribution is 0.185. The van der Waals surface area contributed by atoms with Crippen molar-refractivity contribution in [3.05, 3.63) is 54.0 Å². The number of carbonyl (C=O) groups is 1. The number of furan rings is 1. The van der Waals surface area contributed by atoms with Gasteiger partial charge in [-0.05, 0) is 31.3 Å². The van der Waals surface area contributed by atoms with Gasteiger partial charge in [-0.1, -0.05) is 32.0 Å². The Morgan fingerprint density at radius 1 is 1.20 bits per heavy atom. The van der Waals surface area contributed by atoms with Gasteiger partial charge in [0.1, 0.15) is 5.76 Å². The number of amides is 2. The van der Waals surface area contributed by atoms with Crippen LogP contribution < -0.4 is 10.6 Å². The van der Waals surface area contributed by atoms with Crippen LogP contribution in [0.25, 0.3) is 0 Å². The van der Waals surface area contributed by atoms with E-state index in [0.717, 1.165) is 30.1 Å². The van der Waals surface area contributed by atoms with Gasteiger partial charge in [-0.2, -0.15) is 0 Å². The number of rotatable bonds is 9. The Kier molecular flexibility index (Phi) is 7.50. The monoisotopic (exact) mass is 345 g/mol. The number of urea groups is 1. The van der Waals surface area contributed by atoms with Crippen LogP contribution in [0.2, 0.25) is 0 Å². The number of benzene rings is 1. The first kappa shape index (κ1) is 19.0. The van der Waals surface area contributed by atoms with Crippen molar-refractivity contribution in [1.29, 1.82) is 0 Å². The maximum absolute atomic E-state index is 12.3. The van der Waals surface area contributed by atoms with Crippen LogP contribution in [-0.4, -0.2) is 37.7 Å². The second-order valence-electron chi connectivity index (χ2n) is 5.68. The van der Waals surface area contributed by atoms with E-state index in [1.165, 1.54) is 0 Å². The molecule has 0 saturated heterocycles. The van der Waals surface area contributed by atoms with Crippen LogP contribution in [0.5, 0.6) is 0 Å². The van der Waals surface area contributed by atoms with Crippen molar-refractivity contribution in [3.8, 4) is 0 Å². The third-order valence-corrected chi connectivity index (χ3v) is 4.15. The van der Waals surface area contributed by atoms with Gasteiger partial charge in [0, 0.05) is 24.9 Å². The average molecular weight is 345 g/mol. The number of nitrogens with one attached hydrogen (secondary N) is 2. The van der Waals surface area contributed by atoms with Crippen molar-refractivity contribution in [1.82, 2.24) is 10.2 Å². The van der Waals surface area contributed by atoms with Gasteiger partial charge in [0.15, 0.2) is 0 Å². The van der Waals surface area contributed by atoms with Gasteiger partial charge in [0.05, 0.1) is 18.9 Å². The summed E-state index contributed by atoms with van der Waals surface area (Å²) in [4.78, 5) is 14.6. The smallest absolute Gasteiger partial charge is 0.319 e. The molecule has 0 aliphatic carbocycles. The second-order valence-corrected chi connectivity index (χ2v) is 5.68. The number of methoxy groups -OCH3 is 1. The van der Waals surface area contributed by atoms with E-state index in [1.54, 1.807) is 13.4 Å². The molecule has 6 nitrogen and oxygen atoms in total. The number of carbonyl (C=O) groups excluding carboxylic acids is 1. The molecule has 1 aromatic heterocycles. The standard InChI is InChI=1S/C19H27N3O3/c1-4-22(5-2)17(18-11-8-12-25-18)13-20-19(23)21-16-10-7-6-9-15(16)14-24-3/h6-12,17H,4-5,13-14H2,1-3H3,(H2,20,21,23)/t17-/m0/s1. The zero-order valence-electron chi connectivity index (χ0n) is 15.1. The van der Waals surface area contributed by atoms with E-state index in [9.17, 15) is 4.79 Å². The number of nitrogens with zero attached hydrogens (tertiary/aromatic N) is 1. The Bertz CT molecular complexity index is 639. The van der Waals surface area contributed by atoms with Gasteiger partial charge in [-0.25, -0.2) is 4.79 Å². The highest BCUT2D eigenvalue weighted by Crippen LogP contribution is 2.20. The number of para-hydroxylation sites is 1. The van der Waals surface area contributed by atoms with Gasteiger partial charge in [0.2, 0.25) is 0 Å². The van der Waals surface area contributed by atoms with Crippen LogP contribution in [0.4, 0.5) is 10.5 Å². The number of anilines is 1. The first-order chi connectivity index (χ1) is 12.2. The van der Waals surface area contributed by atoms with E-state index in [-0.39, 0.29) is 12.1 Å². The molecule has 0 spiro atoms. The summed E-state index contributed by atoms with van der Waals surface area (Å²) in [5.74, 6) is 0.851. The van der Waals surface area contributed by atoms with Gasteiger partial charge >= 0.3 is 6.03 Å². The highest BCUT2D eigenvalue weighted by atomic mass is 16.5. The zero-order valence-corrected chi connectivity index (χ0v) is 15.1. The van der Waals surface area contributed by atoms with E-state index in [0.29, 0.717) is 13.2 Å². The van der Waals surface area contributed by atoms with Crippen LogP contribution >= 0.6 is 0 Å². The van der Waals surface area contributed by atoms with E-state index in [2.05, 4.69) is 29.4 Å². The molecule has 136 valence electrons. The van der Waals surface area contributed by atoms with Crippen LogP contribution in [0.15, 0.2) is 47.1 Å². The molecule has 0 bridgehead atoms. The molecular formula is C19H27N3O3. The molecule has 1 aromatic carbocycles. The van der Waals surface area contributed by atoms with Crippen LogP contribution in [0.1, 0.15) is 31.2 Å². The molecule has 0 saturated carbocycles. The topological polar surface area (TPSA) is 66.7 Å². The Labute approximate surface area is 149 Å². The minimum Gasteiger partial charge on any atom is -0.468 e. The molecule has 1 heterocycles. The molecule has 6 heteroatoms. The molecule has 25 heavy (non-hydrogen) atoms. The van der Waals surface area contributed by atoms with Crippen molar-refractivity contribution in [3.63, 3.8) is 0 Å². The average Bonchev–Trinajstić information content (AvgIpc) is 3.15. The van der Waals surface area contributed by atoms with E-state index in [4.69, 9.17) is 9.15 Å². The molecule has 0 aliphatic heterocycles. The summed E-state index contributed by atoms with van der Waals surface area (Å²) in [6, 6.07) is 11.2. The van der Waals surface area contributed by atoms with Crippen molar-refractivity contribution in [2.45, 2.75) is 26.5 Å². The summed E-state index contributed by atoms with van der Waals surface area (Å²) < 4.78 is 10.7. The maximum atomic E-state index is 12.3. The molecule has 0 radical (unpaired) electrons. The quantitative estimate of drug-likeness (QED) is 0.728. The number of hydrogen-bond acceptors (Lipinski definition) is 4. The molecule has 2 N–H and O–H groups in total. The Morgan fingerprint density at radius 3 is 2.60 bits per heavy atom. The number of hydrogen-bond donors (Lipinski definition) is 2. The fraction of sp³-hybridized carbons (Fsp3) is 0.421. The molecular weight excluding hydrogens is 318 g/mol. The minimum atomic E-state index is -0.243. The molecule has 2 amide bonds. The van der Waals surface area contributed by atoms with Gasteiger partial charge < -0.3 is 19.8 Å². The van der Waals surface area contributed by atoms with Crippen LogP contribution in [0, 0.1) is 0 Å². The first-order valence-electron chi connectivity index (χ1n) is 8.58. The highest BCUT2D eigenvalue weighted by Gasteiger charge is 2.21. The summed E-state index contributed by atoms with van der Waals surface area (Å²) in [5.41, 5.74) is 1.69. The summed E-state index contributed by atoms with van der Waals surface area (Å²) in [5, 5.41) is 5.84. The minimum absolute atomic E-state index is 0.00460. The third-order valence-electron chi connectivity index (χ3n) is 4.15. The van der Waals surface area contributed by atoms with Crippen LogP contribution in [-0.2, 0) is 11.3 Å². The maximum Gasteiger partial charge on any atom is 0.319 e. The lowest BCUT2D eigenvalue weighted by Crippen LogP contribution is -2.39. The predicted molar refractivity (Wildman–Crippen MR) is 98.5 cm³/mol. The zero-order chi connectivity index (χ0) is 18.1. The fourth-order valence-electron chi connectivity index (χ4n) is 2.83. The molecule has 0 unspecified atom stereocenters. The predicted octanol–water partition coefficient (Wildman–Crippen LogP) is 3.63. The van der Waals surface area contributed by atoms with E-state index < -0.39 is 0 Å². The highest BCUT2D eigenvalue weighted by molar-refractivity contribution is 5.90. The van der Waals surface area contributed by atoms with Gasteiger partial charge in [-0.15, -0.1) is 0 Å². The van der Waals surface area contributed by atoms with E-state index in [1.807, 2.05) is 36.4 Å². The van der Waals surface area contributed by atoms with Gasteiger partial charge in [0.25, 0.3) is 0 Å². The first-order valence-corrected chi connectivity index (χ1v) is 8.58. The Balaban J connectivity index is 1.99. The Morgan fingerprint density at radius 2 is 1.96 bits per heavy atom. The molecule has 0 aliphatic rings. The number of likely N-dealkylation sites (N-methyl/N-ethyl adjacent to an activating group) is 1. The molecule has 0 fully saturated rings. The molecule has 2 aromatic rings. The second kappa shape index (κ2) is 9.86.